The van der Waals surface area contributed by atoms with Gasteiger partial charge in [-0.15, -0.1) is 11.3 Å². The Morgan fingerprint density at radius 2 is 1.84 bits per heavy atom. The van der Waals surface area contributed by atoms with Crippen LogP contribution in [-0.4, -0.2) is 36.9 Å². The Hall–Kier alpha value is -3.32. The molecule has 0 unspecified atom stereocenters. The lowest BCUT2D eigenvalue weighted by molar-refractivity contribution is -0.131. The number of methoxy groups -OCH3 is 1. The van der Waals surface area contributed by atoms with Gasteiger partial charge in [-0.1, -0.05) is 30.3 Å². The monoisotopic (exact) mass is 452 g/mol. The average Bonchev–Trinajstić information content (AvgIpc) is 3.35. The van der Waals surface area contributed by atoms with E-state index in [9.17, 15) is 9.59 Å². The second-order valence-corrected chi connectivity index (χ2v) is 8.17. The van der Waals surface area contributed by atoms with Gasteiger partial charge in [0, 0.05) is 36.5 Å². The van der Waals surface area contributed by atoms with Gasteiger partial charge in [-0.05, 0) is 48.2 Å². The summed E-state index contributed by atoms with van der Waals surface area (Å²) in [4.78, 5) is 27.7. The molecule has 7 heteroatoms. The van der Waals surface area contributed by atoms with Gasteiger partial charge in [0.05, 0.1) is 7.11 Å². The van der Waals surface area contributed by atoms with Crippen LogP contribution in [0.1, 0.15) is 34.1 Å². The van der Waals surface area contributed by atoms with Crippen molar-refractivity contribution in [3.05, 3.63) is 82.0 Å². The third-order valence-corrected chi connectivity index (χ3v) is 5.80. The number of hydrogen-bond donors (Lipinski definition) is 1. The fourth-order valence-electron chi connectivity index (χ4n) is 3.20. The van der Waals surface area contributed by atoms with Crippen LogP contribution in [-0.2, 0) is 17.9 Å². The first kappa shape index (κ1) is 23.3. The number of nitrogens with one attached hydrogen (secondary N) is 1. The van der Waals surface area contributed by atoms with Crippen molar-refractivity contribution in [2.45, 2.75) is 26.5 Å². The zero-order valence-electron chi connectivity index (χ0n) is 18.4. The first-order chi connectivity index (χ1) is 15.6. The molecule has 0 atom stereocenters. The minimum Gasteiger partial charge on any atom is -0.493 e. The van der Waals surface area contributed by atoms with E-state index in [1.165, 1.54) is 0 Å². The van der Waals surface area contributed by atoms with Gasteiger partial charge in [0.15, 0.2) is 11.5 Å². The maximum Gasteiger partial charge on any atom is 0.251 e. The van der Waals surface area contributed by atoms with Crippen LogP contribution in [0.2, 0.25) is 0 Å². The van der Waals surface area contributed by atoms with Crippen molar-refractivity contribution in [2.75, 3.05) is 20.2 Å². The number of carbonyl (C=O) groups is 2. The van der Waals surface area contributed by atoms with Crippen LogP contribution in [0.25, 0.3) is 0 Å². The highest BCUT2D eigenvalue weighted by atomic mass is 32.1. The third kappa shape index (κ3) is 6.59. The summed E-state index contributed by atoms with van der Waals surface area (Å²) in [5.41, 5.74) is 1.54. The lowest BCUT2D eigenvalue weighted by Gasteiger charge is -2.22. The molecule has 0 saturated carbocycles. The summed E-state index contributed by atoms with van der Waals surface area (Å²) in [6.07, 6.45) is 0.242. The van der Waals surface area contributed by atoms with Crippen LogP contribution < -0.4 is 14.8 Å². The van der Waals surface area contributed by atoms with Gasteiger partial charge >= 0.3 is 0 Å². The van der Waals surface area contributed by atoms with Gasteiger partial charge in [0.25, 0.3) is 5.91 Å². The number of rotatable bonds is 11. The van der Waals surface area contributed by atoms with E-state index in [1.54, 1.807) is 35.5 Å². The molecule has 0 fully saturated rings. The molecule has 0 spiro atoms. The van der Waals surface area contributed by atoms with Crippen molar-refractivity contribution in [1.82, 2.24) is 10.2 Å². The molecule has 0 aliphatic rings. The Bertz CT molecular complexity index is 1010. The molecule has 168 valence electrons. The topological polar surface area (TPSA) is 67.9 Å². The molecule has 1 N–H and O–H groups in total. The number of carbonyl (C=O) groups excluding carboxylic acids is 2. The van der Waals surface area contributed by atoms with Gasteiger partial charge in [0.2, 0.25) is 5.91 Å². The van der Waals surface area contributed by atoms with Gasteiger partial charge in [0.1, 0.15) is 6.61 Å². The number of thiophene rings is 1. The van der Waals surface area contributed by atoms with Crippen molar-refractivity contribution < 1.29 is 19.1 Å². The largest absolute Gasteiger partial charge is 0.493 e. The quantitative estimate of drug-likeness (QED) is 0.465. The Balaban J connectivity index is 1.53. The molecule has 2 aromatic carbocycles. The van der Waals surface area contributed by atoms with E-state index < -0.39 is 0 Å². The molecule has 0 bridgehead atoms. The second kappa shape index (κ2) is 11.9. The highest BCUT2D eigenvalue weighted by Crippen LogP contribution is 2.29. The zero-order valence-corrected chi connectivity index (χ0v) is 19.2. The van der Waals surface area contributed by atoms with Crippen LogP contribution in [0.5, 0.6) is 11.5 Å². The number of ether oxygens (including phenoxy) is 2. The predicted octanol–water partition coefficient (Wildman–Crippen LogP) is 4.50. The zero-order chi connectivity index (χ0) is 22.8. The molecule has 0 aliphatic carbocycles. The first-order valence-corrected chi connectivity index (χ1v) is 11.4. The summed E-state index contributed by atoms with van der Waals surface area (Å²) >= 11 is 1.64. The second-order valence-electron chi connectivity index (χ2n) is 7.13. The Morgan fingerprint density at radius 1 is 1.03 bits per heavy atom. The summed E-state index contributed by atoms with van der Waals surface area (Å²) in [6, 6.07) is 18.7. The summed E-state index contributed by atoms with van der Waals surface area (Å²) < 4.78 is 11.4. The van der Waals surface area contributed by atoms with Crippen LogP contribution in [0.3, 0.4) is 0 Å². The summed E-state index contributed by atoms with van der Waals surface area (Å²) in [6.45, 7) is 3.76. The van der Waals surface area contributed by atoms with Crippen molar-refractivity contribution in [2.24, 2.45) is 0 Å². The van der Waals surface area contributed by atoms with Crippen molar-refractivity contribution in [3.8, 4) is 11.5 Å². The lowest BCUT2D eigenvalue weighted by Crippen LogP contribution is -2.34. The lowest BCUT2D eigenvalue weighted by atomic mass is 10.1. The molecule has 1 heterocycles. The standard InChI is InChI=1S/C25H28N2O4S/c1-3-27(24(28)13-14-26-25(29)20-8-5-4-6-9-20)17-19-11-12-22(23(16-19)30-2)31-18-21-10-7-15-32-21/h4-12,15-16H,3,13-14,17-18H2,1-2H3,(H,26,29). The van der Waals surface area contributed by atoms with E-state index >= 15 is 0 Å². The number of hydrogen-bond acceptors (Lipinski definition) is 5. The molecule has 0 saturated heterocycles. The minimum absolute atomic E-state index is 0.0159. The SMILES string of the molecule is CCN(Cc1ccc(OCc2cccs2)c(OC)c1)C(=O)CCNC(=O)c1ccccc1. The van der Waals surface area contributed by atoms with Gasteiger partial charge in [-0.25, -0.2) is 0 Å². The summed E-state index contributed by atoms with van der Waals surface area (Å²) in [5.74, 6) is 1.11. The van der Waals surface area contributed by atoms with E-state index in [0.29, 0.717) is 43.3 Å². The Kier molecular flexibility index (Phi) is 8.69. The van der Waals surface area contributed by atoms with Crippen molar-refractivity contribution >= 4 is 23.2 Å². The summed E-state index contributed by atoms with van der Waals surface area (Å²) in [5, 5.41) is 4.82. The van der Waals surface area contributed by atoms with Crippen LogP contribution in [0.15, 0.2) is 66.0 Å². The molecule has 0 radical (unpaired) electrons. The van der Waals surface area contributed by atoms with E-state index in [-0.39, 0.29) is 18.2 Å². The Morgan fingerprint density at radius 3 is 2.53 bits per heavy atom. The molecule has 2 amide bonds. The third-order valence-electron chi connectivity index (χ3n) is 4.95. The molecule has 3 rings (SSSR count). The van der Waals surface area contributed by atoms with E-state index in [0.717, 1.165) is 10.4 Å². The smallest absolute Gasteiger partial charge is 0.251 e. The van der Waals surface area contributed by atoms with Crippen LogP contribution in [0, 0.1) is 0 Å². The number of benzene rings is 2. The van der Waals surface area contributed by atoms with Gasteiger partial charge < -0.3 is 19.7 Å². The van der Waals surface area contributed by atoms with Gasteiger partial charge in [-0.2, -0.15) is 0 Å². The highest BCUT2D eigenvalue weighted by molar-refractivity contribution is 7.09. The first-order valence-electron chi connectivity index (χ1n) is 10.5. The normalized spacial score (nSPS) is 10.4. The van der Waals surface area contributed by atoms with E-state index in [2.05, 4.69) is 5.32 Å². The molecule has 3 aromatic rings. The number of amides is 2. The molecule has 6 nitrogen and oxygen atoms in total. The maximum absolute atomic E-state index is 12.7. The molecule has 32 heavy (non-hydrogen) atoms. The summed E-state index contributed by atoms with van der Waals surface area (Å²) in [7, 11) is 1.61. The van der Waals surface area contributed by atoms with Crippen LogP contribution >= 0.6 is 11.3 Å². The van der Waals surface area contributed by atoms with Crippen LogP contribution in [0.4, 0.5) is 0 Å². The fraction of sp³-hybridized carbons (Fsp3) is 0.280. The molecular formula is C25H28N2O4S. The fourth-order valence-corrected chi connectivity index (χ4v) is 3.82. The highest BCUT2D eigenvalue weighted by Gasteiger charge is 2.15. The maximum atomic E-state index is 12.7. The van der Waals surface area contributed by atoms with E-state index in [4.69, 9.17) is 9.47 Å². The van der Waals surface area contributed by atoms with Gasteiger partial charge in [-0.3, -0.25) is 9.59 Å². The molecule has 0 aliphatic heterocycles. The number of nitrogens with zero attached hydrogens (tertiary/aromatic N) is 1. The Labute approximate surface area is 192 Å². The predicted molar refractivity (Wildman–Crippen MR) is 126 cm³/mol. The van der Waals surface area contributed by atoms with Crippen molar-refractivity contribution in [1.29, 1.82) is 0 Å². The average molecular weight is 453 g/mol. The minimum atomic E-state index is -0.177. The molecular weight excluding hydrogens is 424 g/mol. The molecule has 1 aromatic heterocycles. The van der Waals surface area contributed by atoms with Crippen molar-refractivity contribution in [3.63, 3.8) is 0 Å². The van der Waals surface area contributed by atoms with E-state index in [1.807, 2.05) is 60.8 Å².